The smallest absolute Gasteiger partial charge is 0.143 e. The number of fused-ring (bicyclic) bond motifs is 1. The zero-order chi connectivity index (χ0) is 20.2. The first-order chi connectivity index (χ1) is 14.2. The van der Waals surface area contributed by atoms with Gasteiger partial charge in [0.1, 0.15) is 17.0 Å². The van der Waals surface area contributed by atoms with E-state index in [0.29, 0.717) is 0 Å². The van der Waals surface area contributed by atoms with E-state index < -0.39 is 0 Å². The molecule has 5 heteroatoms. The van der Waals surface area contributed by atoms with Gasteiger partial charge < -0.3 is 5.32 Å². The van der Waals surface area contributed by atoms with Crippen LogP contribution in [0.25, 0.3) is 21.3 Å². The largest absolute Gasteiger partial charge is 0.340 e. The average Bonchev–Trinajstić information content (AvgIpc) is 3.13. The molecule has 0 radical (unpaired) electrons. The molecule has 0 aliphatic carbocycles. The molecule has 0 saturated heterocycles. The van der Waals surface area contributed by atoms with E-state index in [9.17, 15) is 0 Å². The van der Waals surface area contributed by atoms with Gasteiger partial charge >= 0.3 is 0 Å². The Kier molecular flexibility index (Phi) is 6.26. The molecule has 0 amide bonds. The van der Waals surface area contributed by atoms with E-state index in [-0.39, 0.29) is 0 Å². The standard InChI is InChI=1S/C24H24BrN3S/c1-3-5-6-16-7-13-19(14-8-16)28-23-22-21(17-9-11-18(25)12-10-17)20(4-2)29-24(22)27-15-26-23/h7-15H,3-6H2,1-2H3,(H,26,27,28). The first-order valence-electron chi connectivity index (χ1n) is 10.1. The molecule has 0 saturated carbocycles. The van der Waals surface area contributed by atoms with Gasteiger partial charge in [0, 0.05) is 20.6 Å². The second-order valence-electron chi connectivity index (χ2n) is 7.09. The molecule has 29 heavy (non-hydrogen) atoms. The molecule has 3 nitrogen and oxygen atoms in total. The Bertz CT molecular complexity index is 1100. The Morgan fingerprint density at radius 1 is 0.966 bits per heavy atom. The van der Waals surface area contributed by atoms with Crippen LogP contribution in [0, 0.1) is 0 Å². The predicted octanol–water partition coefficient (Wildman–Crippen LogP) is 7.77. The Hall–Kier alpha value is -2.24. The average molecular weight is 466 g/mol. The third-order valence-electron chi connectivity index (χ3n) is 5.05. The number of rotatable bonds is 7. The molecule has 4 rings (SSSR count). The normalized spacial score (nSPS) is 11.1. The lowest BCUT2D eigenvalue weighted by molar-refractivity contribution is 0.795. The van der Waals surface area contributed by atoms with E-state index in [1.165, 1.54) is 34.4 Å². The number of nitrogens with one attached hydrogen (secondary N) is 1. The van der Waals surface area contributed by atoms with Crippen molar-refractivity contribution >= 4 is 49.0 Å². The van der Waals surface area contributed by atoms with E-state index >= 15 is 0 Å². The minimum absolute atomic E-state index is 0.866. The first-order valence-corrected chi connectivity index (χ1v) is 11.7. The lowest BCUT2D eigenvalue weighted by Gasteiger charge is -2.10. The van der Waals surface area contributed by atoms with Crippen molar-refractivity contribution in [3.05, 3.63) is 69.8 Å². The molecule has 148 valence electrons. The van der Waals surface area contributed by atoms with Gasteiger partial charge in [-0.3, -0.25) is 0 Å². The van der Waals surface area contributed by atoms with Crippen LogP contribution in [0.15, 0.2) is 59.3 Å². The SMILES string of the molecule is CCCCc1ccc(Nc2ncnc3sc(CC)c(-c4ccc(Br)cc4)c23)cc1. The maximum Gasteiger partial charge on any atom is 0.143 e. The van der Waals surface area contributed by atoms with Gasteiger partial charge in [0.25, 0.3) is 0 Å². The summed E-state index contributed by atoms with van der Waals surface area (Å²) in [6.45, 7) is 4.42. The summed E-state index contributed by atoms with van der Waals surface area (Å²) in [6.07, 6.45) is 6.20. The van der Waals surface area contributed by atoms with E-state index in [1.54, 1.807) is 17.7 Å². The van der Waals surface area contributed by atoms with E-state index in [0.717, 1.165) is 39.0 Å². The molecule has 1 N–H and O–H groups in total. The molecule has 4 aromatic rings. The Labute approximate surface area is 184 Å². The maximum atomic E-state index is 4.60. The maximum absolute atomic E-state index is 4.60. The number of unbranched alkanes of at least 4 members (excludes halogenated alkanes) is 1. The highest BCUT2D eigenvalue weighted by atomic mass is 79.9. The van der Waals surface area contributed by atoms with Gasteiger partial charge in [0.2, 0.25) is 0 Å². The molecule has 0 aliphatic rings. The molecule has 0 fully saturated rings. The number of aromatic nitrogens is 2. The number of anilines is 2. The number of halogens is 1. The highest BCUT2D eigenvalue weighted by molar-refractivity contribution is 9.10. The van der Waals surface area contributed by atoms with Gasteiger partial charge in [-0.25, -0.2) is 9.97 Å². The van der Waals surface area contributed by atoms with Gasteiger partial charge in [0.05, 0.1) is 5.39 Å². The molecule has 0 aliphatic heterocycles. The molecule has 0 atom stereocenters. The summed E-state index contributed by atoms with van der Waals surface area (Å²) in [5, 5.41) is 4.64. The highest BCUT2D eigenvalue weighted by Gasteiger charge is 2.18. The summed E-state index contributed by atoms with van der Waals surface area (Å²) in [6, 6.07) is 17.2. The van der Waals surface area contributed by atoms with Crippen molar-refractivity contribution < 1.29 is 0 Å². The van der Waals surface area contributed by atoms with E-state index in [1.807, 2.05) is 0 Å². The summed E-state index contributed by atoms with van der Waals surface area (Å²) in [5.74, 6) is 0.866. The van der Waals surface area contributed by atoms with Gasteiger partial charge in [-0.05, 0) is 54.7 Å². The molecule has 0 bridgehead atoms. The van der Waals surface area contributed by atoms with Crippen molar-refractivity contribution in [2.24, 2.45) is 0 Å². The zero-order valence-electron chi connectivity index (χ0n) is 16.7. The van der Waals surface area contributed by atoms with Crippen LogP contribution in [0.5, 0.6) is 0 Å². The van der Waals surface area contributed by atoms with E-state index in [4.69, 9.17) is 0 Å². The molecule has 2 aromatic carbocycles. The number of aryl methyl sites for hydroxylation is 2. The van der Waals surface area contributed by atoms with Crippen molar-refractivity contribution in [2.75, 3.05) is 5.32 Å². The number of nitrogens with zero attached hydrogens (tertiary/aromatic N) is 2. The minimum Gasteiger partial charge on any atom is -0.340 e. The van der Waals surface area contributed by atoms with Crippen LogP contribution in [-0.2, 0) is 12.8 Å². The van der Waals surface area contributed by atoms with Crippen LogP contribution in [0.3, 0.4) is 0 Å². The second kappa shape index (κ2) is 9.06. The molecule has 2 aromatic heterocycles. The quantitative estimate of drug-likeness (QED) is 0.302. The Morgan fingerprint density at radius 3 is 2.41 bits per heavy atom. The lowest BCUT2D eigenvalue weighted by atomic mass is 10.0. The van der Waals surface area contributed by atoms with Gasteiger partial charge in [-0.2, -0.15) is 0 Å². The van der Waals surface area contributed by atoms with Crippen molar-refractivity contribution in [1.82, 2.24) is 9.97 Å². The minimum atomic E-state index is 0.866. The number of benzene rings is 2. The summed E-state index contributed by atoms with van der Waals surface area (Å²) >= 11 is 5.30. The fourth-order valence-corrected chi connectivity index (χ4v) is 4.88. The summed E-state index contributed by atoms with van der Waals surface area (Å²) < 4.78 is 1.08. The summed E-state index contributed by atoms with van der Waals surface area (Å²) in [4.78, 5) is 11.5. The molecular weight excluding hydrogens is 442 g/mol. The van der Waals surface area contributed by atoms with Crippen molar-refractivity contribution in [3.63, 3.8) is 0 Å². The topological polar surface area (TPSA) is 37.8 Å². The molecular formula is C24H24BrN3S. The van der Waals surface area contributed by atoms with Gasteiger partial charge in [0.15, 0.2) is 0 Å². The van der Waals surface area contributed by atoms with Crippen molar-refractivity contribution in [1.29, 1.82) is 0 Å². The van der Waals surface area contributed by atoms with Crippen LogP contribution in [0.1, 0.15) is 37.1 Å². The molecule has 0 unspecified atom stereocenters. The number of hydrogen-bond donors (Lipinski definition) is 1. The fourth-order valence-electron chi connectivity index (χ4n) is 3.52. The fraction of sp³-hybridized carbons (Fsp3) is 0.250. The van der Waals surface area contributed by atoms with Crippen molar-refractivity contribution in [3.8, 4) is 11.1 Å². The van der Waals surface area contributed by atoms with E-state index in [2.05, 4.69) is 93.6 Å². The first kappa shape index (κ1) is 20.0. The number of thiophene rings is 1. The lowest BCUT2D eigenvalue weighted by Crippen LogP contribution is -1.96. The second-order valence-corrected chi connectivity index (χ2v) is 9.09. The zero-order valence-corrected chi connectivity index (χ0v) is 19.1. The summed E-state index contributed by atoms with van der Waals surface area (Å²) in [7, 11) is 0. The number of hydrogen-bond acceptors (Lipinski definition) is 4. The van der Waals surface area contributed by atoms with Crippen LogP contribution in [0.4, 0.5) is 11.5 Å². The third kappa shape index (κ3) is 4.36. The van der Waals surface area contributed by atoms with Crippen molar-refractivity contribution in [2.45, 2.75) is 39.5 Å². The van der Waals surface area contributed by atoms with Gasteiger partial charge in [-0.15, -0.1) is 11.3 Å². The Balaban J connectivity index is 1.75. The van der Waals surface area contributed by atoms with Crippen LogP contribution in [0.2, 0.25) is 0 Å². The monoisotopic (exact) mass is 465 g/mol. The summed E-state index contributed by atoms with van der Waals surface area (Å²) in [5.41, 5.74) is 4.87. The Morgan fingerprint density at radius 2 is 1.72 bits per heavy atom. The van der Waals surface area contributed by atoms with Crippen LogP contribution in [-0.4, -0.2) is 9.97 Å². The van der Waals surface area contributed by atoms with Gasteiger partial charge in [-0.1, -0.05) is 60.5 Å². The van der Waals surface area contributed by atoms with Crippen LogP contribution < -0.4 is 5.32 Å². The highest BCUT2D eigenvalue weighted by Crippen LogP contribution is 2.42. The predicted molar refractivity (Wildman–Crippen MR) is 128 cm³/mol. The molecule has 0 spiro atoms. The van der Waals surface area contributed by atoms with Crippen LogP contribution >= 0.6 is 27.3 Å². The third-order valence-corrected chi connectivity index (χ3v) is 6.82. The molecule has 2 heterocycles.